The number of carbonyl (C=O) groups excluding carboxylic acids is 1. The summed E-state index contributed by atoms with van der Waals surface area (Å²) in [6.45, 7) is 17.7. The van der Waals surface area contributed by atoms with Gasteiger partial charge in [-0.3, -0.25) is 4.79 Å². The quantitative estimate of drug-likeness (QED) is 0.187. The average Bonchev–Trinajstić information content (AvgIpc) is 3.30. The Hall–Kier alpha value is -4.52. The highest BCUT2D eigenvalue weighted by atomic mass is 19.4. The van der Waals surface area contributed by atoms with Crippen LogP contribution in [-0.4, -0.2) is 30.4 Å². The molecular formula is C34H39F3N4O3. The standard InChI is InChI=1S/C34H39F3N4O3/c1-8-11-29(39)21(5)22(6)33(42)40-23(7)27-18-26(14-15-31(27)43-10-3)44-32-16-20(4)41(30(32)9-2)25-13-12-24(19-38)28(17-25)34(35,36)37/h12-15,17-18,30,32,39H,4,7-11,16H2,1-3,5-6H3,(H,40,42)/b22-21+,39-29?. The molecule has 1 fully saturated rings. The van der Waals surface area contributed by atoms with Crippen LogP contribution in [0.2, 0.25) is 0 Å². The van der Waals surface area contributed by atoms with Crippen LogP contribution in [0, 0.1) is 16.7 Å². The smallest absolute Gasteiger partial charge is 0.417 e. The van der Waals surface area contributed by atoms with Gasteiger partial charge < -0.3 is 25.1 Å². The van der Waals surface area contributed by atoms with Crippen molar-refractivity contribution in [3.8, 4) is 17.6 Å². The van der Waals surface area contributed by atoms with Gasteiger partial charge in [-0.05, 0) is 75.6 Å². The molecule has 1 heterocycles. The summed E-state index contributed by atoms with van der Waals surface area (Å²) in [5, 5.41) is 20.2. The SMILES string of the molecule is C=C(NC(=O)/C(C)=C(\C)C(=N)CCC)c1cc(OC2CC(=C)N(c3ccc(C#N)c(C(F)(F)F)c3)C2CC)ccc1OCC. The number of amides is 1. The van der Waals surface area contributed by atoms with Gasteiger partial charge in [0, 0.05) is 40.4 Å². The monoisotopic (exact) mass is 608 g/mol. The fraction of sp³-hybridized carbons (Fsp3) is 0.382. The van der Waals surface area contributed by atoms with Crippen molar-refractivity contribution in [2.75, 3.05) is 11.5 Å². The fourth-order valence-corrected chi connectivity index (χ4v) is 5.23. The highest BCUT2D eigenvalue weighted by Gasteiger charge is 2.40. The number of hydrogen-bond acceptors (Lipinski definition) is 6. The molecule has 2 aromatic rings. The second kappa shape index (κ2) is 14.3. The Kier molecular flexibility index (Phi) is 11.0. The Morgan fingerprint density at radius 1 is 1.16 bits per heavy atom. The largest absolute Gasteiger partial charge is 0.493 e. The minimum atomic E-state index is -4.68. The average molecular weight is 609 g/mol. The molecule has 44 heavy (non-hydrogen) atoms. The van der Waals surface area contributed by atoms with Crippen LogP contribution in [0.5, 0.6) is 11.5 Å². The summed E-state index contributed by atoms with van der Waals surface area (Å²) in [7, 11) is 0. The molecule has 234 valence electrons. The molecule has 1 saturated heterocycles. The first-order chi connectivity index (χ1) is 20.8. The topological polar surface area (TPSA) is 98.4 Å². The number of halogens is 3. The Morgan fingerprint density at radius 3 is 2.45 bits per heavy atom. The third-order valence-electron chi connectivity index (χ3n) is 7.65. The van der Waals surface area contributed by atoms with E-state index in [1.807, 2.05) is 20.8 Å². The first-order valence-corrected chi connectivity index (χ1v) is 14.5. The lowest BCUT2D eigenvalue weighted by molar-refractivity contribution is -0.137. The molecule has 2 aromatic carbocycles. The van der Waals surface area contributed by atoms with E-state index in [4.69, 9.17) is 14.9 Å². The molecule has 0 aliphatic carbocycles. The highest BCUT2D eigenvalue weighted by molar-refractivity contribution is 6.08. The van der Waals surface area contributed by atoms with E-state index >= 15 is 0 Å². The van der Waals surface area contributed by atoms with Gasteiger partial charge in [0.2, 0.25) is 0 Å². The molecule has 3 rings (SSSR count). The summed E-state index contributed by atoms with van der Waals surface area (Å²) >= 11 is 0. The van der Waals surface area contributed by atoms with Crippen molar-refractivity contribution >= 4 is 23.0 Å². The van der Waals surface area contributed by atoms with Crippen LogP contribution in [0.15, 0.2) is 66.4 Å². The Labute approximate surface area is 257 Å². The third-order valence-corrected chi connectivity index (χ3v) is 7.65. The minimum Gasteiger partial charge on any atom is -0.493 e. The third kappa shape index (κ3) is 7.51. The van der Waals surface area contributed by atoms with Crippen molar-refractivity contribution in [1.82, 2.24) is 5.32 Å². The van der Waals surface area contributed by atoms with Crippen molar-refractivity contribution in [1.29, 1.82) is 10.7 Å². The molecule has 2 atom stereocenters. The maximum Gasteiger partial charge on any atom is 0.417 e. The van der Waals surface area contributed by atoms with Crippen LogP contribution >= 0.6 is 0 Å². The van der Waals surface area contributed by atoms with Gasteiger partial charge in [-0.15, -0.1) is 0 Å². The van der Waals surface area contributed by atoms with E-state index in [1.165, 1.54) is 12.1 Å². The zero-order valence-electron chi connectivity index (χ0n) is 25.8. The molecule has 1 aliphatic rings. The lowest BCUT2D eigenvalue weighted by Crippen LogP contribution is -2.37. The van der Waals surface area contributed by atoms with E-state index in [-0.39, 0.29) is 17.6 Å². The molecule has 0 spiro atoms. The van der Waals surface area contributed by atoms with E-state index in [0.29, 0.717) is 71.2 Å². The van der Waals surface area contributed by atoms with Gasteiger partial charge in [-0.25, -0.2) is 0 Å². The number of allylic oxidation sites excluding steroid dienone is 1. The van der Waals surface area contributed by atoms with Crippen LogP contribution in [-0.2, 0) is 11.0 Å². The Bertz CT molecular complexity index is 1520. The lowest BCUT2D eigenvalue weighted by Gasteiger charge is -2.30. The van der Waals surface area contributed by atoms with Gasteiger partial charge in [-0.1, -0.05) is 33.4 Å². The number of rotatable bonds is 12. The van der Waals surface area contributed by atoms with Crippen LogP contribution in [0.1, 0.15) is 77.0 Å². The van der Waals surface area contributed by atoms with Gasteiger partial charge in [0.1, 0.15) is 17.6 Å². The molecule has 0 saturated carbocycles. The number of nitriles is 1. The number of hydrogen-bond donors (Lipinski definition) is 2. The summed E-state index contributed by atoms with van der Waals surface area (Å²) < 4.78 is 53.2. The number of alkyl halides is 3. The highest BCUT2D eigenvalue weighted by Crippen LogP contribution is 2.40. The van der Waals surface area contributed by atoms with Gasteiger partial charge in [0.15, 0.2) is 0 Å². The van der Waals surface area contributed by atoms with E-state index in [0.717, 1.165) is 12.5 Å². The maximum absolute atomic E-state index is 13.7. The van der Waals surface area contributed by atoms with Gasteiger partial charge in [0.05, 0.1) is 29.8 Å². The number of carbonyl (C=O) groups is 1. The first kappa shape index (κ1) is 34.0. The van der Waals surface area contributed by atoms with Crippen molar-refractivity contribution in [3.63, 3.8) is 0 Å². The van der Waals surface area contributed by atoms with E-state index in [9.17, 15) is 23.2 Å². The van der Waals surface area contributed by atoms with Crippen LogP contribution in [0.4, 0.5) is 18.9 Å². The van der Waals surface area contributed by atoms with Crippen molar-refractivity contribution in [2.24, 2.45) is 0 Å². The van der Waals surface area contributed by atoms with E-state index < -0.39 is 23.4 Å². The van der Waals surface area contributed by atoms with Crippen LogP contribution in [0.3, 0.4) is 0 Å². The van der Waals surface area contributed by atoms with Crippen molar-refractivity contribution in [2.45, 2.75) is 78.6 Å². The summed E-state index contributed by atoms with van der Waals surface area (Å²) in [4.78, 5) is 14.8. The van der Waals surface area contributed by atoms with Gasteiger partial charge in [-0.2, -0.15) is 18.4 Å². The second-order valence-electron chi connectivity index (χ2n) is 10.6. The van der Waals surface area contributed by atoms with E-state index in [2.05, 4.69) is 18.5 Å². The Balaban J connectivity index is 1.89. The van der Waals surface area contributed by atoms with Crippen molar-refractivity contribution in [3.05, 3.63) is 83.1 Å². The second-order valence-corrected chi connectivity index (χ2v) is 10.6. The number of anilines is 1. The molecular weight excluding hydrogens is 569 g/mol. The zero-order valence-corrected chi connectivity index (χ0v) is 25.8. The Morgan fingerprint density at radius 2 is 1.86 bits per heavy atom. The zero-order chi connectivity index (χ0) is 32.8. The number of benzene rings is 2. The predicted molar refractivity (Wildman–Crippen MR) is 167 cm³/mol. The van der Waals surface area contributed by atoms with E-state index in [1.54, 1.807) is 43.0 Å². The first-order valence-electron chi connectivity index (χ1n) is 14.5. The normalized spacial score (nSPS) is 17.1. The lowest BCUT2D eigenvalue weighted by atomic mass is 10.0. The number of ether oxygens (including phenoxy) is 2. The summed E-state index contributed by atoms with van der Waals surface area (Å²) in [6.07, 6.45) is -2.83. The minimum absolute atomic E-state index is 0.286. The molecule has 10 heteroatoms. The summed E-state index contributed by atoms with van der Waals surface area (Å²) in [5.74, 6) is 0.571. The maximum atomic E-state index is 13.7. The molecule has 7 nitrogen and oxygen atoms in total. The molecule has 2 unspecified atom stereocenters. The summed E-state index contributed by atoms with van der Waals surface area (Å²) in [5.41, 5.74) is 1.68. The van der Waals surface area contributed by atoms with Gasteiger partial charge in [0.25, 0.3) is 5.91 Å². The molecule has 0 aromatic heterocycles. The number of nitrogens with zero attached hydrogens (tertiary/aromatic N) is 2. The predicted octanol–water partition coefficient (Wildman–Crippen LogP) is 8.17. The molecule has 0 radical (unpaired) electrons. The summed E-state index contributed by atoms with van der Waals surface area (Å²) in [6, 6.07) is 10.1. The molecule has 2 N–H and O–H groups in total. The number of nitrogens with one attached hydrogen (secondary N) is 2. The van der Waals surface area contributed by atoms with Gasteiger partial charge >= 0.3 is 6.18 Å². The molecule has 0 bridgehead atoms. The van der Waals surface area contributed by atoms with Crippen LogP contribution in [0.25, 0.3) is 5.70 Å². The van der Waals surface area contributed by atoms with Crippen molar-refractivity contribution < 1.29 is 27.4 Å². The van der Waals surface area contributed by atoms with Crippen LogP contribution < -0.4 is 19.7 Å². The fourth-order valence-electron chi connectivity index (χ4n) is 5.23. The molecule has 1 amide bonds. The molecule has 1 aliphatic heterocycles.